The van der Waals surface area contributed by atoms with E-state index < -0.39 is 0 Å². The van der Waals surface area contributed by atoms with Crippen LogP contribution in [0, 0.1) is 6.92 Å². The van der Waals surface area contributed by atoms with Crippen molar-refractivity contribution in [3.05, 3.63) is 64.7 Å². The van der Waals surface area contributed by atoms with E-state index in [4.69, 9.17) is 16.3 Å². The van der Waals surface area contributed by atoms with Crippen molar-refractivity contribution < 1.29 is 4.74 Å². The van der Waals surface area contributed by atoms with Crippen LogP contribution in [0.2, 0.25) is 0 Å². The van der Waals surface area contributed by atoms with Crippen molar-refractivity contribution in [2.75, 3.05) is 6.61 Å². The highest BCUT2D eigenvalue weighted by molar-refractivity contribution is 6.22. The first-order valence-electron chi connectivity index (χ1n) is 6.20. The predicted molar refractivity (Wildman–Crippen MR) is 74.5 cm³/mol. The lowest BCUT2D eigenvalue weighted by molar-refractivity contribution is 0.357. The summed E-state index contributed by atoms with van der Waals surface area (Å²) in [6.07, 6.45) is 0.987. The summed E-state index contributed by atoms with van der Waals surface area (Å²) in [4.78, 5) is 0. The van der Waals surface area contributed by atoms with Gasteiger partial charge in [0.1, 0.15) is 5.75 Å². The fourth-order valence-corrected chi connectivity index (χ4v) is 2.57. The van der Waals surface area contributed by atoms with Crippen LogP contribution < -0.4 is 4.74 Å². The summed E-state index contributed by atoms with van der Waals surface area (Å²) < 4.78 is 5.51. The highest BCUT2D eigenvalue weighted by Crippen LogP contribution is 2.33. The lowest BCUT2D eigenvalue weighted by Crippen LogP contribution is -1.94. The Morgan fingerprint density at radius 1 is 1.06 bits per heavy atom. The summed E-state index contributed by atoms with van der Waals surface area (Å²) in [5, 5.41) is -0.0866. The molecule has 1 atom stereocenters. The van der Waals surface area contributed by atoms with Gasteiger partial charge in [-0.2, -0.15) is 0 Å². The van der Waals surface area contributed by atoms with Gasteiger partial charge in [0.15, 0.2) is 0 Å². The molecule has 2 heteroatoms. The zero-order chi connectivity index (χ0) is 12.5. The molecule has 1 unspecified atom stereocenters. The van der Waals surface area contributed by atoms with Crippen LogP contribution in [0.5, 0.6) is 5.75 Å². The molecule has 0 amide bonds. The van der Waals surface area contributed by atoms with Crippen LogP contribution in [0.25, 0.3) is 0 Å². The highest BCUT2D eigenvalue weighted by atomic mass is 35.5. The Kier molecular flexibility index (Phi) is 3.00. The van der Waals surface area contributed by atoms with E-state index in [1.54, 1.807) is 0 Å². The second-order valence-corrected chi connectivity index (χ2v) is 5.18. The van der Waals surface area contributed by atoms with Gasteiger partial charge in [0.25, 0.3) is 0 Å². The van der Waals surface area contributed by atoms with E-state index in [9.17, 15) is 0 Å². The van der Waals surface area contributed by atoms with Crippen LogP contribution in [-0.4, -0.2) is 6.61 Å². The van der Waals surface area contributed by atoms with Gasteiger partial charge in [-0.1, -0.05) is 42.0 Å². The molecular weight excluding hydrogens is 244 g/mol. The monoisotopic (exact) mass is 258 g/mol. The van der Waals surface area contributed by atoms with Crippen LogP contribution in [0.1, 0.15) is 27.6 Å². The summed E-state index contributed by atoms with van der Waals surface area (Å²) in [5.74, 6) is 1.01. The number of halogens is 1. The van der Waals surface area contributed by atoms with E-state index >= 15 is 0 Å². The number of benzene rings is 2. The number of hydrogen-bond acceptors (Lipinski definition) is 1. The molecule has 0 fully saturated rings. The molecule has 1 aliphatic rings. The molecule has 92 valence electrons. The molecule has 0 saturated carbocycles. The SMILES string of the molecule is Cc1ccc(C(Cl)c2ccc3c(c2)CCO3)cc1. The third kappa shape index (κ3) is 2.11. The van der Waals surface area contributed by atoms with Crippen molar-refractivity contribution in [3.63, 3.8) is 0 Å². The Hall–Kier alpha value is -1.47. The summed E-state index contributed by atoms with van der Waals surface area (Å²) >= 11 is 6.54. The van der Waals surface area contributed by atoms with E-state index in [1.807, 2.05) is 6.07 Å². The number of fused-ring (bicyclic) bond motifs is 1. The lowest BCUT2D eigenvalue weighted by Gasteiger charge is -2.12. The molecule has 0 radical (unpaired) electrons. The van der Waals surface area contributed by atoms with Crippen LogP contribution in [0.15, 0.2) is 42.5 Å². The fourth-order valence-electron chi connectivity index (χ4n) is 2.29. The molecule has 0 saturated heterocycles. The smallest absolute Gasteiger partial charge is 0.122 e. The molecule has 0 aromatic heterocycles. The first-order chi connectivity index (χ1) is 8.74. The van der Waals surface area contributed by atoms with E-state index in [1.165, 1.54) is 11.1 Å². The van der Waals surface area contributed by atoms with Gasteiger partial charge in [-0.15, -0.1) is 11.6 Å². The molecule has 0 bridgehead atoms. The van der Waals surface area contributed by atoms with Gasteiger partial charge in [-0.3, -0.25) is 0 Å². The molecule has 1 aliphatic heterocycles. The Morgan fingerprint density at radius 2 is 1.78 bits per heavy atom. The summed E-state index contributed by atoms with van der Waals surface area (Å²) in [6.45, 7) is 2.87. The Morgan fingerprint density at radius 3 is 2.56 bits per heavy atom. The van der Waals surface area contributed by atoms with Crippen molar-refractivity contribution in [2.24, 2.45) is 0 Å². The molecule has 2 aromatic rings. The zero-order valence-corrected chi connectivity index (χ0v) is 11.1. The fraction of sp³-hybridized carbons (Fsp3) is 0.250. The molecule has 2 aromatic carbocycles. The first kappa shape index (κ1) is 11.6. The first-order valence-corrected chi connectivity index (χ1v) is 6.64. The van der Waals surface area contributed by atoms with Crippen LogP contribution in [0.4, 0.5) is 0 Å². The average molecular weight is 259 g/mol. The predicted octanol–water partition coefficient (Wildman–Crippen LogP) is 4.26. The van der Waals surface area contributed by atoms with Crippen LogP contribution in [0.3, 0.4) is 0 Å². The topological polar surface area (TPSA) is 9.23 Å². The maximum Gasteiger partial charge on any atom is 0.122 e. The summed E-state index contributed by atoms with van der Waals surface area (Å²) in [7, 11) is 0. The number of rotatable bonds is 2. The third-order valence-corrected chi connectivity index (χ3v) is 3.88. The second-order valence-electron chi connectivity index (χ2n) is 4.74. The number of aryl methyl sites for hydroxylation is 1. The standard InChI is InChI=1S/C16H15ClO/c1-11-2-4-12(5-3-11)16(17)14-6-7-15-13(10-14)8-9-18-15/h2-7,10,16H,8-9H2,1H3. The van der Waals surface area contributed by atoms with Gasteiger partial charge in [0, 0.05) is 6.42 Å². The molecule has 1 nitrogen and oxygen atoms in total. The van der Waals surface area contributed by atoms with E-state index in [0.717, 1.165) is 29.9 Å². The zero-order valence-electron chi connectivity index (χ0n) is 10.3. The van der Waals surface area contributed by atoms with Crippen molar-refractivity contribution in [2.45, 2.75) is 18.7 Å². The van der Waals surface area contributed by atoms with Crippen molar-refractivity contribution in [1.29, 1.82) is 0 Å². The van der Waals surface area contributed by atoms with Crippen molar-refractivity contribution >= 4 is 11.6 Å². The number of ether oxygens (including phenoxy) is 1. The van der Waals surface area contributed by atoms with Crippen LogP contribution in [-0.2, 0) is 6.42 Å². The van der Waals surface area contributed by atoms with E-state index in [0.29, 0.717) is 0 Å². The molecule has 0 aliphatic carbocycles. The summed E-state index contributed by atoms with van der Waals surface area (Å²) in [5.41, 5.74) is 4.81. The molecule has 0 spiro atoms. The van der Waals surface area contributed by atoms with E-state index in [-0.39, 0.29) is 5.38 Å². The number of alkyl halides is 1. The van der Waals surface area contributed by atoms with Gasteiger partial charge in [0.05, 0.1) is 12.0 Å². The maximum atomic E-state index is 6.54. The second kappa shape index (κ2) is 4.66. The van der Waals surface area contributed by atoms with E-state index in [2.05, 4.69) is 43.3 Å². The highest BCUT2D eigenvalue weighted by Gasteiger charge is 2.16. The quantitative estimate of drug-likeness (QED) is 0.732. The Bertz CT molecular complexity index is 560. The Labute approximate surface area is 112 Å². The van der Waals surface area contributed by atoms with Crippen molar-refractivity contribution in [1.82, 2.24) is 0 Å². The van der Waals surface area contributed by atoms with Gasteiger partial charge in [0.2, 0.25) is 0 Å². The lowest BCUT2D eigenvalue weighted by atomic mass is 10.0. The van der Waals surface area contributed by atoms with Gasteiger partial charge < -0.3 is 4.74 Å². The molecule has 1 heterocycles. The Balaban J connectivity index is 1.92. The molecular formula is C16H15ClO. The molecule has 18 heavy (non-hydrogen) atoms. The van der Waals surface area contributed by atoms with Gasteiger partial charge >= 0.3 is 0 Å². The maximum absolute atomic E-state index is 6.54. The normalized spacial score (nSPS) is 15.0. The van der Waals surface area contributed by atoms with Crippen LogP contribution >= 0.6 is 11.6 Å². The van der Waals surface area contributed by atoms with Crippen molar-refractivity contribution in [3.8, 4) is 5.75 Å². The van der Waals surface area contributed by atoms with Gasteiger partial charge in [-0.25, -0.2) is 0 Å². The minimum Gasteiger partial charge on any atom is -0.493 e. The summed E-state index contributed by atoms with van der Waals surface area (Å²) in [6, 6.07) is 14.6. The van der Waals surface area contributed by atoms with Gasteiger partial charge in [-0.05, 0) is 29.7 Å². The molecule has 0 N–H and O–H groups in total. The average Bonchev–Trinajstić information content (AvgIpc) is 2.86. The largest absolute Gasteiger partial charge is 0.493 e. The third-order valence-electron chi connectivity index (χ3n) is 3.38. The number of hydrogen-bond donors (Lipinski definition) is 0. The minimum absolute atomic E-state index is 0.0866. The molecule has 3 rings (SSSR count). The minimum atomic E-state index is -0.0866.